The Hall–Kier alpha value is -0.490. The fourth-order valence-electron chi connectivity index (χ4n) is 1.15. The Morgan fingerprint density at radius 2 is 2.14 bits per heavy atom. The molecule has 0 spiro atoms. The van der Waals surface area contributed by atoms with E-state index in [1.165, 1.54) is 0 Å². The minimum atomic E-state index is 0.0127. The van der Waals surface area contributed by atoms with Gasteiger partial charge in [-0.15, -0.1) is 0 Å². The van der Waals surface area contributed by atoms with E-state index < -0.39 is 0 Å². The highest BCUT2D eigenvalue weighted by atomic mass is 127. The molecule has 1 aromatic rings. The predicted molar refractivity (Wildman–Crippen MR) is 62.8 cm³/mol. The SMILES string of the molecule is CCOc1c(I)cc(CO)cc1OC. The molecule has 14 heavy (non-hydrogen) atoms. The molecule has 1 N–H and O–H groups in total. The second-order valence-corrected chi connectivity index (χ2v) is 3.86. The lowest BCUT2D eigenvalue weighted by Crippen LogP contribution is -1.99. The van der Waals surface area contributed by atoms with Crippen molar-refractivity contribution in [2.75, 3.05) is 13.7 Å². The van der Waals surface area contributed by atoms with Crippen LogP contribution in [-0.4, -0.2) is 18.8 Å². The Morgan fingerprint density at radius 3 is 2.64 bits per heavy atom. The van der Waals surface area contributed by atoms with Crippen LogP contribution < -0.4 is 9.47 Å². The maximum atomic E-state index is 9.00. The summed E-state index contributed by atoms with van der Waals surface area (Å²) in [6, 6.07) is 3.67. The molecule has 0 aliphatic heterocycles. The van der Waals surface area contributed by atoms with Crippen molar-refractivity contribution < 1.29 is 14.6 Å². The number of aliphatic hydroxyl groups excluding tert-OH is 1. The number of halogens is 1. The van der Waals surface area contributed by atoms with Gasteiger partial charge in [-0.3, -0.25) is 0 Å². The molecule has 1 aromatic carbocycles. The molecule has 0 fully saturated rings. The maximum absolute atomic E-state index is 9.00. The Kier molecular flexibility index (Phi) is 4.47. The lowest BCUT2D eigenvalue weighted by atomic mass is 10.2. The van der Waals surface area contributed by atoms with Crippen molar-refractivity contribution in [3.63, 3.8) is 0 Å². The van der Waals surface area contributed by atoms with Crippen LogP contribution in [-0.2, 0) is 6.61 Å². The summed E-state index contributed by atoms with van der Waals surface area (Å²) in [6.07, 6.45) is 0. The second-order valence-electron chi connectivity index (χ2n) is 2.70. The zero-order valence-electron chi connectivity index (χ0n) is 8.21. The monoisotopic (exact) mass is 308 g/mol. The summed E-state index contributed by atoms with van der Waals surface area (Å²) in [5.41, 5.74) is 0.828. The maximum Gasteiger partial charge on any atom is 0.174 e. The Morgan fingerprint density at radius 1 is 1.43 bits per heavy atom. The largest absolute Gasteiger partial charge is 0.493 e. The molecule has 0 saturated heterocycles. The molecule has 0 aliphatic rings. The van der Waals surface area contributed by atoms with Crippen LogP contribution >= 0.6 is 22.6 Å². The van der Waals surface area contributed by atoms with Gasteiger partial charge in [0.25, 0.3) is 0 Å². The van der Waals surface area contributed by atoms with E-state index in [1.807, 2.05) is 13.0 Å². The average Bonchev–Trinajstić information content (AvgIpc) is 2.20. The molecule has 0 atom stereocenters. The van der Waals surface area contributed by atoms with Crippen molar-refractivity contribution in [1.29, 1.82) is 0 Å². The topological polar surface area (TPSA) is 38.7 Å². The third-order valence-electron chi connectivity index (χ3n) is 1.76. The Bertz CT molecular complexity index is 312. The fraction of sp³-hybridized carbons (Fsp3) is 0.400. The average molecular weight is 308 g/mol. The standard InChI is InChI=1S/C10H13IO3/c1-3-14-10-8(11)4-7(6-12)5-9(10)13-2/h4-5,12H,3,6H2,1-2H3. The van der Waals surface area contributed by atoms with Gasteiger partial charge in [0.2, 0.25) is 0 Å². The summed E-state index contributed by atoms with van der Waals surface area (Å²) < 4.78 is 11.6. The van der Waals surface area contributed by atoms with E-state index in [2.05, 4.69) is 22.6 Å². The summed E-state index contributed by atoms with van der Waals surface area (Å²) in [6.45, 7) is 2.54. The minimum absolute atomic E-state index is 0.0127. The highest BCUT2D eigenvalue weighted by molar-refractivity contribution is 14.1. The van der Waals surface area contributed by atoms with Crippen LogP contribution in [0.1, 0.15) is 12.5 Å². The van der Waals surface area contributed by atoms with Crippen LogP contribution in [0.4, 0.5) is 0 Å². The zero-order chi connectivity index (χ0) is 10.6. The molecule has 0 heterocycles. The molecule has 3 nitrogen and oxygen atoms in total. The molecule has 0 aromatic heterocycles. The smallest absolute Gasteiger partial charge is 0.174 e. The lowest BCUT2D eigenvalue weighted by Gasteiger charge is -2.12. The predicted octanol–water partition coefficient (Wildman–Crippen LogP) is 2.19. The molecule has 0 unspecified atom stereocenters. The van der Waals surface area contributed by atoms with Gasteiger partial charge in [-0.2, -0.15) is 0 Å². The fourth-order valence-corrected chi connectivity index (χ4v) is 1.97. The quantitative estimate of drug-likeness (QED) is 0.867. The molecule has 0 saturated carbocycles. The first-order valence-electron chi connectivity index (χ1n) is 4.33. The van der Waals surface area contributed by atoms with E-state index in [0.29, 0.717) is 12.4 Å². The third-order valence-corrected chi connectivity index (χ3v) is 2.56. The van der Waals surface area contributed by atoms with Crippen molar-refractivity contribution in [3.8, 4) is 11.5 Å². The molecule has 4 heteroatoms. The van der Waals surface area contributed by atoms with E-state index in [1.54, 1.807) is 13.2 Å². The van der Waals surface area contributed by atoms with Gasteiger partial charge in [-0.25, -0.2) is 0 Å². The first-order chi connectivity index (χ1) is 6.72. The van der Waals surface area contributed by atoms with Crippen LogP contribution in [0.3, 0.4) is 0 Å². The molecular formula is C10H13IO3. The van der Waals surface area contributed by atoms with Gasteiger partial charge in [-0.1, -0.05) is 0 Å². The molecule has 78 valence electrons. The normalized spacial score (nSPS) is 10.0. The van der Waals surface area contributed by atoms with Crippen molar-refractivity contribution >= 4 is 22.6 Å². The first kappa shape index (κ1) is 11.6. The number of hydrogen-bond acceptors (Lipinski definition) is 3. The van der Waals surface area contributed by atoms with Crippen molar-refractivity contribution in [3.05, 3.63) is 21.3 Å². The van der Waals surface area contributed by atoms with Crippen LogP contribution in [0, 0.1) is 3.57 Å². The van der Waals surface area contributed by atoms with Gasteiger partial charge in [-0.05, 0) is 47.2 Å². The summed E-state index contributed by atoms with van der Waals surface area (Å²) in [7, 11) is 1.59. The van der Waals surface area contributed by atoms with Gasteiger partial charge < -0.3 is 14.6 Å². The molecular weight excluding hydrogens is 295 g/mol. The van der Waals surface area contributed by atoms with Crippen molar-refractivity contribution in [1.82, 2.24) is 0 Å². The summed E-state index contributed by atoms with van der Waals surface area (Å²) in [5.74, 6) is 1.41. The highest BCUT2D eigenvalue weighted by Gasteiger charge is 2.10. The van der Waals surface area contributed by atoms with Gasteiger partial charge in [0.1, 0.15) is 0 Å². The highest BCUT2D eigenvalue weighted by Crippen LogP contribution is 2.33. The summed E-state index contributed by atoms with van der Waals surface area (Å²) >= 11 is 2.17. The molecule has 1 rings (SSSR count). The van der Waals surface area contributed by atoms with E-state index in [-0.39, 0.29) is 6.61 Å². The van der Waals surface area contributed by atoms with Gasteiger partial charge in [0.15, 0.2) is 11.5 Å². The van der Waals surface area contributed by atoms with E-state index >= 15 is 0 Å². The van der Waals surface area contributed by atoms with Crippen LogP contribution in [0.2, 0.25) is 0 Å². The summed E-state index contributed by atoms with van der Waals surface area (Å²) in [5, 5.41) is 9.00. The van der Waals surface area contributed by atoms with E-state index in [9.17, 15) is 0 Å². The van der Waals surface area contributed by atoms with Gasteiger partial charge in [0.05, 0.1) is 23.9 Å². The number of rotatable bonds is 4. The molecule has 0 aliphatic carbocycles. The zero-order valence-corrected chi connectivity index (χ0v) is 10.4. The first-order valence-corrected chi connectivity index (χ1v) is 5.40. The number of methoxy groups -OCH3 is 1. The number of benzene rings is 1. The van der Waals surface area contributed by atoms with Crippen molar-refractivity contribution in [2.45, 2.75) is 13.5 Å². The van der Waals surface area contributed by atoms with Crippen molar-refractivity contribution in [2.24, 2.45) is 0 Å². The van der Waals surface area contributed by atoms with Gasteiger partial charge in [0, 0.05) is 0 Å². The number of aliphatic hydroxyl groups is 1. The van der Waals surface area contributed by atoms with Gasteiger partial charge >= 0.3 is 0 Å². The van der Waals surface area contributed by atoms with E-state index in [4.69, 9.17) is 14.6 Å². The van der Waals surface area contributed by atoms with Crippen LogP contribution in [0.25, 0.3) is 0 Å². The van der Waals surface area contributed by atoms with Crippen LogP contribution in [0.15, 0.2) is 12.1 Å². The minimum Gasteiger partial charge on any atom is -0.493 e. The molecule has 0 bridgehead atoms. The Balaban J connectivity index is 3.13. The lowest BCUT2D eigenvalue weighted by molar-refractivity contribution is 0.278. The molecule has 0 amide bonds. The Labute approximate surface area is 97.2 Å². The van der Waals surface area contributed by atoms with E-state index in [0.717, 1.165) is 14.9 Å². The number of ether oxygens (including phenoxy) is 2. The number of hydrogen-bond donors (Lipinski definition) is 1. The van der Waals surface area contributed by atoms with Crippen LogP contribution in [0.5, 0.6) is 11.5 Å². The summed E-state index contributed by atoms with van der Waals surface area (Å²) in [4.78, 5) is 0. The third kappa shape index (κ3) is 2.51. The molecule has 0 radical (unpaired) electrons. The second kappa shape index (κ2) is 5.41.